The molecule has 2 rings (SSSR count). The lowest BCUT2D eigenvalue weighted by Crippen LogP contribution is -2.05. The van der Waals surface area contributed by atoms with Crippen LogP contribution in [0.2, 0.25) is 0 Å². The summed E-state index contributed by atoms with van der Waals surface area (Å²) in [6.07, 6.45) is 1.85. The first-order valence-corrected chi connectivity index (χ1v) is 10.5. The highest BCUT2D eigenvalue weighted by Gasteiger charge is 2.14. The number of halogens is 1. The number of nitrogen functional groups attached to an aromatic ring is 2. The van der Waals surface area contributed by atoms with Crippen molar-refractivity contribution >= 4 is 27.3 Å². The second kappa shape index (κ2) is 10.1. The molecule has 0 aliphatic rings. The molecule has 2 aromatic heterocycles. The van der Waals surface area contributed by atoms with E-state index >= 15 is 0 Å². The Labute approximate surface area is 173 Å². The standard InChI is InChI=1S/C11H17BrN2.C11H18N2/c1-6(2)8-5-9(12)14-11(7(3)4)10(8)13;1-7(2)9-5-6-13-11(8(3)4)10(9)12/h5-7H,13H2,1-4H3;5-8H,12H2,1-4H3. The van der Waals surface area contributed by atoms with Gasteiger partial charge in [0.25, 0.3) is 0 Å². The summed E-state index contributed by atoms with van der Waals surface area (Å²) in [4.78, 5) is 8.70. The lowest BCUT2D eigenvalue weighted by atomic mass is 9.98. The number of anilines is 2. The predicted molar refractivity (Wildman–Crippen MR) is 121 cm³/mol. The topological polar surface area (TPSA) is 77.8 Å². The van der Waals surface area contributed by atoms with E-state index in [0.717, 1.165) is 27.4 Å². The van der Waals surface area contributed by atoms with Gasteiger partial charge in [-0.3, -0.25) is 4.98 Å². The minimum Gasteiger partial charge on any atom is -0.397 e. The van der Waals surface area contributed by atoms with Crippen LogP contribution in [0.25, 0.3) is 0 Å². The summed E-state index contributed by atoms with van der Waals surface area (Å²) in [5.41, 5.74) is 18.2. The largest absolute Gasteiger partial charge is 0.397 e. The van der Waals surface area contributed by atoms with Gasteiger partial charge in [-0.05, 0) is 62.9 Å². The van der Waals surface area contributed by atoms with Gasteiger partial charge in [-0.2, -0.15) is 0 Å². The SMILES string of the molecule is CC(C)c1cc(Br)nc(C(C)C)c1N.CC(C)c1ccnc(C(C)C)c1N. The van der Waals surface area contributed by atoms with Crippen LogP contribution in [0, 0.1) is 0 Å². The Bertz CT molecular complexity index is 697. The molecular weight excluding hydrogens is 400 g/mol. The maximum atomic E-state index is 6.07. The molecule has 0 aliphatic heterocycles. The highest BCUT2D eigenvalue weighted by molar-refractivity contribution is 9.10. The minimum atomic E-state index is 0.366. The van der Waals surface area contributed by atoms with E-state index in [1.54, 1.807) is 0 Å². The monoisotopic (exact) mass is 434 g/mol. The zero-order valence-electron chi connectivity index (χ0n) is 18.0. The Hall–Kier alpha value is -1.62. The van der Waals surface area contributed by atoms with E-state index in [4.69, 9.17) is 11.5 Å². The van der Waals surface area contributed by atoms with E-state index in [2.05, 4.69) is 81.3 Å². The van der Waals surface area contributed by atoms with Crippen LogP contribution >= 0.6 is 15.9 Å². The van der Waals surface area contributed by atoms with Gasteiger partial charge in [0.05, 0.1) is 22.8 Å². The van der Waals surface area contributed by atoms with Gasteiger partial charge >= 0.3 is 0 Å². The summed E-state index contributed by atoms with van der Waals surface area (Å²) in [6, 6.07) is 4.01. The number of hydrogen-bond donors (Lipinski definition) is 2. The van der Waals surface area contributed by atoms with Gasteiger partial charge in [-0.25, -0.2) is 4.98 Å². The number of nitrogens with two attached hydrogens (primary N) is 2. The molecule has 0 saturated carbocycles. The minimum absolute atomic E-state index is 0.366. The fourth-order valence-corrected chi connectivity index (χ4v) is 3.39. The second-order valence-electron chi connectivity index (χ2n) is 8.15. The number of rotatable bonds is 4. The smallest absolute Gasteiger partial charge is 0.106 e. The quantitative estimate of drug-likeness (QED) is 0.532. The van der Waals surface area contributed by atoms with Crippen molar-refractivity contribution in [3.63, 3.8) is 0 Å². The lowest BCUT2D eigenvalue weighted by molar-refractivity contribution is 0.801. The molecule has 150 valence electrons. The lowest BCUT2D eigenvalue weighted by Gasteiger charge is -2.15. The van der Waals surface area contributed by atoms with Crippen molar-refractivity contribution in [1.29, 1.82) is 0 Å². The molecule has 2 aromatic rings. The summed E-state index contributed by atoms with van der Waals surface area (Å²) in [6.45, 7) is 17.0. The fourth-order valence-electron chi connectivity index (χ4n) is 2.95. The van der Waals surface area contributed by atoms with Crippen molar-refractivity contribution < 1.29 is 0 Å². The van der Waals surface area contributed by atoms with Gasteiger partial charge in [0.15, 0.2) is 0 Å². The fraction of sp³-hybridized carbons (Fsp3) is 0.545. The average Bonchev–Trinajstić information content (AvgIpc) is 2.56. The van der Waals surface area contributed by atoms with Crippen molar-refractivity contribution in [1.82, 2.24) is 9.97 Å². The Morgan fingerprint density at radius 1 is 0.741 bits per heavy atom. The molecule has 0 aliphatic carbocycles. The van der Waals surface area contributed by atoms with Crippen LogP contribution in [0.3, 0.4) is 0 Å². The Balaban J connectivity index is 0.000000271. The highest BCUT2D eigenvalue weighted by Crippen LogP contribution is 2.30. The molecule has 0 fully saturated rings. The number of pyridine rings is 2. The molecule has 0 saturated heterocycles. The van der Waals surface area contributed by atoms with Gasteiger partial charge in [0.2, 0.25) is 0 Å². The number of nitrogens with zero attached hydrogens (tertiary/aromatic N) is 2. The Kier molecular flexibility index (Phi) is 8.73. The molecule has 0 amide bonds. The van der Waals surface area contributed by atoms with Crippen LogP contribution in [0.1, 0.15) is 102 Å². The van der Waals surface area contributed by atoms with Crippen molar-refractivity contribution in [3.05, 3.63) is 45.4 Å². The summed E-state index contributed by atoms with van der Waals surface area (Å²) in [5, 5.41) is 0. The van der Waals surface area contributed by atoms with Crippen LogP contribution < -0.4 is 11.5 Å². The molecule has 27 heavy (non-hydrogen) atoms. The van der Waals surface area contributed by atoms with Gasteiger partial charge in [-0.1, -0.05) is 55.4 Å². The first kappa shape index (κ1) is 23.4. The second-order valence-corrected chi connectivity index (χ2v) is 8.96. The summed E-state index contributed by atoms with van der Waals surface area (Å²) >= 11 is 3.42. The van der Waals surface area contributed by atoms with Gasteiger partial charge in [-0.15, -0.1) is 0 Å². The van der Waals surface area contributed by atoms with Crippen LogP contribution in [0.15, 0.2) is 22.9 Å². The van der Waals surface area contributed by atoms with Crippen LogP contribution in [-0.4, -0.2) is 9.97 Å². The first-order chi connectivity index (χ1) is 12.5. The van der Waals surface area contributed by atoms with E-state index in [-0.39, 0.29) is 0 Å². The van der Waals surface area contributed by atoms with Crippen LogP contribution in [0.5, 0.6) is 0 Å². The van der Waals surface area contributed by atoms with E-state index < -0.39 is 0 Å². The normalized spacial score (nSPS) is 11.3. The molecule has 0 aromatic carbocycles. The maximum Gasteiger partial charge on any atom is 0.106 e. The summed E-state index contributed by atoms with van der Waals surface area (Å²) < 4.78 is 0.874. The van der Waals surface area contributed by atoms with Crippen molar-refractivity contribution in [3.8, 4) is 0 Å². The molecule has 4 N–H and O–H groups in total. The van der Waals surface area contributed by atoms with E-state index in [9.17, 15) is 0 Å². The first-order valence-electron chi connectivity index (χ1n) is 9.67. The highest BCUT2D eigenvalue weighted by atomic mass is 79.9. The molecule has 0 radical (unpaired) electrons. The van der Waals surface area contributed by atoms with Crippen molar-refractivity contribution in [2.75, 3.05) is 11.5 Å². The molecule has 0 unspecified atom stereocenters. The van der Waals surface area contributed by atoms with E-state index in [0.29, 0.717) is 23.7 Å². The number of hydrogen-bond acceptors (Lipinski definition) is 4. The molecule has 2 heterocycles. The van der Waals surface area contributed by atoms with Crippen molar-refractivity contribution in [2.45, 2.75) is 79.1 Å². The molecule has 0 atom stereocenters. The zero-order valence-corrected chi connectivity index (χ0v) is 19.6. The molecule has 5 heteroatoms. The molecule has 0 bridgehead atoms. The van der Waals surface area contributed by atoms with E-state index in [1.165, 1.54) is 11.1 Å². The number of aromatic nitrogens is 2. The van der Waals surface area contributed by atoms with Gasteiger partial charge < -0.3 is 11.5 Å². The summed E-state index contributed by atoms with van der Waals surface area (Å²) in [7, 11) is 0. The Morgan fingerprint density at radius 3 is 1.67 bits per heavy atom. The van der Waals surface area contributed by atoms with Crippen molar-refractivity contribution in [2.24, 2.45) is 0 Å². The third-order valence-corrected chi connectivity index (χ3v) is 4.89. The van der Waals surface area contributed by atoms with Crippen LogP contribution in [0.4, 0.5) is 11.4 Å². The van der Waals surface area contributed by atoms with Gasteiger partial charge in [0.1, 0.15) is 4.60 Å². The molecular formula is C22H35BrN4. The third kappa shape index (κ3) is 6.20. The average molecular weight is 435 g/mol. The molecule has 4 nitrogen and oxygen atoms in total. The molecule has 0 spiro atoms. The third-order valence-electron chi connectivity index (χ3n) is 4.48. The maximum absolute atomic E-state index is 6.07. The Morgan fingerprint density at radius 2 is 1.22 bits per heavy atom. The van der Waals surface area contributed by atoms with Crippen LogP contribution in [-0.2, 0) is 0 Å². The summed E-state index contributed by atoms with van der Waals surface area (Å²) in [5.74, 6) is 1.68. The zero-order chi connectivity index (χ0) is 20.9. The van der Waals surface area contributed by atoms with Gasteiger partial charge in [0, 0.05) is 6.20 Å². The predicted octanol–water partition coefficient (Wildman–Crippen LogP) is 6.58. The van der Waals surface area contributed by atoms with E-state index in [1.807, 2.05) is 18.3 Å².